The Hall–Kier alpha value is -5.09. The predicted octanol–water partition coefficient (Wildman–Crippen LogP) is 23.2. The molecule has 586 valence electrons. The Morgan fingerprint density at radius 1 is 0.272 bits per heavy atom. The number of ether oxygens (including phenoxy) is 3. The highest BCUT2D eigenvalue weighted by Gasteiger charge is 2.29. The summed E-state index contributed by atoms with van der Waals surface area (Å²) < 4.78 is 61.1. The van der Waals surface area contributed by atoms with Gasteiger partial charge in [-0.3, -0.25) is 32.5 Å². The molecule has 0 aromatic rings. The van der Waals surface area contributed by atoms with Crippen LogP contribution in [0, 0.1) is 0 Å². The fourth-order valence-electron chi connectivity index (χ4n) is 10.0. The van der Waals surface area contributed by atoms with Gasteiger partial charge < -0.3 is 34.2 Å². The lowest BCUT2D eigenvalue weighted by atomic mass is 10.1. The third-order valence-corrected chi connectivity index (χ3v) is 17.8. The van der Waals surface area contributed by atoms with Gasteiger partial charge in [0.1, 0.15) is 25.4 Å². The number of aliphatic hydroxyl groups is 2. The van der Waals surface area contributed by atoms with Crippen LogP contribution < -0.4 is 0 Å². The minimum absolute atomic E-state index is 0.0783. The molecule has 0 aliphatic heterocycles. The van der Waals surface area contributed by atoms with Crippen LogP contribution in [-0.2, 0) is 55.8 Å². The van der Waals surface area contributed by atoms with Gasteiger partial charge in [-0.15, -0.1) is 0 Å². The molecule has 0 radical (unpaired) electrons. The lowest BCUT2D eigenvalue weighted by Gasteiger charge is -2.21. The van der Waals surface area contributed by atoms with Gasteiger partial charge in [0.05, 0.1) is 26.4 Å². The lowest BCUT2D eigenvalue weighted by molar-refractivity contribution is -0.161. The van der Waals surface area contributed by atoms with Gasteiger partial charge in [0, 0.05) is 19.3 Å². The first-order chi connectivity index (χ1) is 50.2. The normalized spacial score (nSPS) is 14.9. The Morgan fingerprint density at radius 2 is 0.485 bits per heavy atom. The highest BCUT2D eigenvalue weighted by atomic mass is 31.2. The SMILES string of the molecule is CC/C=C\C/C=C\C/C=C\C/C=C\C/C=C\C/C=C\CCCCCCCCCCC(=O)OCC(O)COP(=O)(O)OCC(O)COP(=O)(O)OCC(COC(=O)CCCCCCCCCCC/C=C\C/C=C\C/C=C\C/C=C\C/C=C\CC)OC(=O)CCCCCCC/C=C\C/C=C\C/C=C\CC. The second-order valence-corrected chi connectivity index (χ2v) is 28.6. The van der Waals surface area contributed by atoms with Crippen LogP contribution >= 0.6 is 15.6 Å². The number of carbonyl (C=O) groups is 3. The highest BCUT2D eigenvalue weighted by molar-refractivity contribution is 7.47. The van der Waals surface area contributed by atoms with E-state index < -0.39 is 91.5 Å². The van der Waals surface area contributed by atoms with Crippen LogP contribution in [0.15, 0.2) is 170 Å². The van der Waals surface area contributed by atoms with E-state index in [0.29, 0.717) is 19.3 Å². The first-order valence-corrected chi connectivity index (χ1v) is 42.4. The van der Waals surface area contributed by atoms with Crippen molar-refractivity contribution in [3.63, 3.8) is 0 Å². The summed E-state index contributed by atoms with van der Waals surface area (Å²) >= 11 is 0. The van der Waals surface area contributed by atoms with E-state index in [1.807, 2.05) is 0 Å². The molecular weight excluding hydrogens is 1340 g/mol. The second-order valence-electron chi connectivity index (χ2n) is 25.7. The third-order valence-electron chi connectivity index (χ3n) is 15.9. The number of hydrogen-bond acceptors (Lipinski definition) is 14. The van der Waals surface area contributed by atoms with E-state index in [2.05, 4.69) is 191 Å². The number of rotatable bonds is 73. The number of phosphoric ester groups is 2. The first kappa shape index (κ1) is 97.9. The fraction of sp³-hybridized carbons (Fsp3) is 0.635. The zero-order chi connectivity index (χ0) is 75.2. The fourth-order valence-corrected chi connectivity index (χ4v) is 11.6. The van der Waals surface area contributed by atoms with Gasteiger partial charge in [-0.25, -0.2) is 9.13 Å². The summed E-state index contributed by atoms with van der Waals surface area (Å²) in [5.41, 5.74) is 0. The molecule has 0 fully saturated rings. The van der Waals surface area contributed by atoms with Gasteiger partial charge in [-0.2, -0.15) is 0 Å². The Bertz CT molecular complexity index is 2550. The molecule has 0 aliphatic carbocycles. The molecule has 103 heavy (non-hydrogen) atoms. The molecule has 0 amide bonds. The van der Waals surface area contributed by atoms with Gasteiger partial charge in [-0.05, 0) is 148 Å². The summed E-state index contributed by atoms with van der Waals surface area (Å²) in [6, 6.07) is 0. The maximum absolute atomic E-state index is 13.0. The molecule has 0 aromatic heterocycles. The van der Waals surface area contributed by atoms with Crippen LogP contribution in [0.1, 0.15) is 290 Å². The molecule has 0 saturated carbocycles. The summed E-state index contributed by atoms with van der Waals surface area (Å²) in [4.78, 5) is 58.7. The van der Waals surface area contributed by atoms with Crippen molar-refractivity contribution >= 4 is 33.6 Å². The van der Waals surface area contributed by atoms with E-state index >= 15 is 0 Å². The van der Waals surface area contributed by atoms with Crippen molar-refractivity contribution in [2.75, 3.05) is 39.6 Å². The van der Waals surface area contributed by atoms with Crippen LogP contribution in [0.3, 0.4) is 0 Å². The van der Waals surface area contributed by atoms with E-state index in [0.717, 1.165) is 186 Å². The minimum atomic E-state index is -4.94. The summed E-state index contributed by atoms with van der Waals surface area (Å²) in [7, 11) is -9.81. The lowest BCUT2D eigenvalue weighted by Crippen LogP contribution is -2.30. The summed E-state index contributed by atoms with van der Waals surface area (Å²) in [5, 5.41) is 20.6. The molecule has 18 heteroatoms. The van der Waals surface area contributed by atoms with Gasteiger partial charge in [0.15, 0.2) is 6.10 Å². The summed E-state index contributed by atoms with van der Waals surface area (Å²) in [6.45, 7) is 2.29. The summed E-state index contributed by atoms with van der Waals surface area (Å²) in [5.74, 6) is -1.62. The minimum Gasteiger partial charge on any atom is -0.463 e. The first-order valence-electron chi connectivity index (χ1n) is 39.4. The zero-order valence-electron chi connectivity index (χ0n) is 63.9. The number of aliphatic hydroxyl groups excluding tert-OH is 2. The second kappa shape index (κ2) is 76.6. The molecule has 5 unspecified atom stereocenters. The molecule has 5 atom stereocenters. The van der Waals surface area contributed by atoms with Crippen molar-refractivity contribution < 1.29 is 75.8 Å². The number of allylic oxidation sites excluding steroid dienone is 28. The molecule has 0 aliphatic rings. The van der Waals surface area contributed by atoms with Gasteiger partial charge in [0.2, 0.25) is 0 Å². The topological polar surface area (TPSA) is 231 Å². The molecule has 0 aromatic carbocycles. The predicted molar refractivity (Wildman–Crippen MR) is 426 cm³/mol. The van der Waals surface area contributed by atoms with Crippen LogP contribution in [0.25, 0.3) is 0 Å². The molecule has 4 N–H and O–H groups in total. The van der Waals surface area contributed by atoms with E-state index in [-0.39, 0.29) is 19.3 Å². The van der Waals surface area contributed by atoms with Crippen molar-refractivity contribution in [1.82, 2.24) is 0 Å². The maximum atomic E-state index is 13.0. The number of unbranched alkanes of at least 4 members (excludes halogenated alkanes) is 22. The van der Waals surface area contributed by atoms with Crippen molar-refractivity contribution in [2.24, 2.45) is 0 Å². The zero-order valence-corrected chi connectivity index (χ0v) is 65.7. The molecule has 16 nitrogen and oxygen atoms in total. The third kappa shape index (κ3) is 77.8. The molecule has 0 spiro atoms. The van der Waals surface area contributed by atoms with Gasteiger partial charge >= 0.3 is 33.6 Å². The largest absolute Gasteiger partial charge is 0.472 e. The van der Waals surface area contributed by atoms with E-state index in [4.69, 9.17) is 32.3 Å². The van der Waals surface area contributed by atoms with Crippen LogP contribution in [0.4, 0.5) is 0 Å². The molecule has 0 rings (SSSR count). The van der Waals surface area contributed by atoms with Crippen LogP contribution in [0.5, 0.6) is 0 Å². The maximum Gasteiger partial charge on any atom is 0.472 e. The molecule has 0 heterocycles. The van der Waals surface area contributed by atoms with E-state index in [9.17, 15) is 43.5 Å². The van der Waals surface area contributed by atoms with E-state index in [1.54, 1.807) is 0 Å². The standard InChI is InChI=1S/C85H140O16P2/c1-4-7-10-13-16-19-22-25-28-30-32-34-36-38-39-41-43-44-46-48-51-53-56-59-62-65-68-71-83(88)95-74-80(86)75-97-102(91,92)98-76-81(87)77-99-103(93,94)100-79-82(101-85(90)73-70-67-64-61-58-55-50-27-24-21-18-15-12-9-6-3)78-96-84(89)72-69-66-63-60-57-54-52-49-47-45-42-40-37-35-33-31-29-26-23-20-17-14-11-8-5-2/h7-12,16-21,25-29,32-35,38-40,42-44,50,80-82,86-87H,4-6,13-15,22-24,30-31,36-37,41,45-49,51-79H2,1-3H3,(H,91,92)(H,93,94)/b10-7-,11-8-,12-9-,19-16-,20-17-,21-18-,28-25-,29-26-,34-32-,35-33-,39-38-,42-40-,44-43-,50-27-. The number of esters is 3. The Kier molecular flexibility index (Phi) is 72.8. The monoisotopic (exact) mass is 1480 g/mol. The Balaban J connectivity index is 4.61. The van der Waals surface area contributed by atoms with Gasteiger partial charge in [0.25, 0.3) is 0 Å². The Labute approximate surface area is 624 Å². The van der Waals surface area contributed by atoms with Crippen molar-refractivity contribution in [3.8, 4) is 0 Å². The number of hydrogen-bond donors (Lipinski definition) is 4. The van der Waals surface area contributed by atoms with Crippen molar-refractivity contribution in [2.45, 2.75) is 309 Å². The van der Waals surface area contributed by atoms with Crippen LogP contribution in [0.2, 0.25) is 0 Å². The average molecular weight is 1480 g/mol. The quantitative estimate of drug-likeness (QED) is 0.0146. The van der Waals surface area contributed by atoms with Crippen molar-refractivity contribution in [3.05, 3.63) is 170 Å². The molecular formula is C85H140O16P2. The Morgan fingerprint density at radius 3 is 0.767 bits per heavy atom. The molecule has 0 bridgehead atoms. The van der Waals surface area contributed by atoms with E-state index in [1.165, 1.54) is 44.9 Å². The molecule has 0 saturated heterocycles. The summed E-state index contributed by atoms with van der Waals surface area (Å²) in [6.07, 6.45) is 96.8. The van der Waals surface area contributed by atoms with Crippen LogP contribution in [-0.4, -0.2) is 95.9 Å². The van der Waals surface area contributed by atoms with Gasteiger partial charge in [-0.1, -0.05) is 294 Å². The average Bonchev–Trinajstić information content (AvgIpc) is 0.922. The smallest absolute Gasteiger partial charge is 0.463 e. The highest BCUT2D eigenvalue weighted by Crippen LogP contribution is 2.45. The van der Waals surface area contributed by atoms with Crippen molar-refractivity contribution in [1.29, 1.82) is 0 Å². The number of phosphoric acid groups is 2. The number of carbonyl (C=O) groups excluding carboxylic acids is 3.